The molecule has 204 valence electrons. The molecule has 0 aliphatic carbocycles. The number of likely N-dealkylation sites (N-methyl/N-ethyl adjacent to an activating group) is 1. The van der Waals surface area contributed by atoms with Crippen molar-refractivity contribution >= 4 is 22.3 Å². The number of aromatic nitrogens is 2. The second-order valence-corrected chi connectivity index (χ2v) is 11.1. The molecule has 9 nitrogen and oxygen atoms in total. The molecule has 0 amide bonds. The zero-order chi connectivity index (χ0) is 26.9. The minimum Gasteiger partial charge on any atom is -0.508 e. The summed E-state index contributed by atoms with van der Waals surface area (Å²) >= 11 is 0. The Morgan fingerprint density at radius 3 is 2.87 bits per heavy atom. The van der Waals surface area contributed by atoms with Gasteiger partial charge in [-0.25, -0.2) is 0 Å². The lowest BCUT2D eigenvalue weighted by Gasteiger charge is -2.37. The van der Waals surface area contributed by atoms with Gasteiger partial charge in [0, 0.05) is 61.0 Å². The number of phenols is 1. The number of hydrogen-bond acceptors (Lipinski definition) is 9. The standard InChI is InChI=1S/C30H37N7O2/c1-20(27-8-5-13-35(27)2)39-30-33-26-19-36(28-17-23(38)16-21-6-3-4-7-24(21)28)14-10-25(26)29(34-30)37-15-12-32-22(18-37)9-11-31/h3-4,6-7,16-17,20,22,27,32,38H,5,8-10,12-15,18-19H2,1-2H3/t20-,22+,27?/m1/s1. The molecule has 2 aromatic carbocycles. The lowest BCUT2D eigenvalue weighted by atomic mass is 10.0. The van der Waals surface area contributed by atoms with Crippen LogP contribution >= 0.6 is 0 Å². The minimum atomic E-state index is -0.0209. The number of likely N-dealkylation sites (tertiary alicyclic amines) is 1. The van der Waals surface area contributed by atoms with Crippen LogP contribution < -0.4 is 19.9 Å². The quantitative estimate of drug-likeness (QED) is 0.499. The smallest absolute Gasteiger partial charge is 0.318 e. The highest BCUT2D eigenvalue weighted by molar-refractivity contribution is 5.95. The lowest BCUT2D eigenvalue weighted by molar-refractivity contribution is 0.111. The molecule has 2 fully saturated rings. The van der Waals surface area contributed by atoms with Crippen molar-refractivity contribution in [2.45, 2.75) is 57.3 Å². The summed E-state index contributed by atoms with van der Waals surface area (Å²) in [5.41, 5.74) is 3.14. The summed E-state index contributed by atoms with van der Waals surface area (Å²) in [6, 6.07) is 15.0. The number of nitrogens with zero attached hydrogens (tertiary/aromatic N) is 6. The van der Waals surface area contributed by atoms with Crippen LogP contribution in [-0.4, -0.2) is 77.9 Å². The zero-order valence-corrected chi connectivity index (χ0v) is 22.8. The molecule has 3 aromatic rings. The fourth-order valence-corrected chi connectivity index (χ4v) is 6.48. The fraction of sp³-hybridized carbons (Fsp3) is 0.500. The predicted molar refractivity (Wildman–Crippen MR) is 152 cm³/mol. The van der Waals surface area contributed by atoms with Crippen LogP contribution in [0.1, 0.15) is 37.4 Å². The minimum absolute atomic E-state index is 0.0209. The van der Waals surface area contributed by atoms with E-state index in [0.717, 1.165) is 79.1 Å². The normalized spacial score (nSPS) is 22.5. The van der Waals surface area contributed by atoms with E-state index in [1.165, 1.54) is 6.42 Å². The van der Waals surface area contributed by atoms with Gasteiger partial charge in [-0.3, -0.25) is 4.90 Å². The van der Waals surface area contributed by atoms with Crippen LogP contribution in [0.15, 0.2) is 36.4 Å². The molecule has 3 aliphatic rings. The van der Waals surface area contributed by atoms with Crippen LogP contribution in [0.5, 0.6) is 11.8 Å². The third-order valence-electron chi connectivity index (χ3n) is 8.49. The van der Waals surface area contributed by atoms with Crippen molar-refractivity contribution < 1.29 is 9.84 Å². The average molecular weight is 528 g/mol. The number of fused-ring (bicyclic) bond motifs is 2. The van der Waals surface area contributed by atoms with E-state index >= 15 is 0 Å². The fourth-order valence-electron chi connectivity index (χ4n) is 6.48. The first-order valence-corrected chi connectivity index (χ1v) is 14.1. The number of hydrogen-bond donors (Lipinski definition) is 2. The largest absolute Gasteiger partial charge is 0.508 e. The van der Waals surface area contributed by atoms with Crippen molar-refractivity contribution in [3.63, 3.8) is 0 Å². The molecular weight excluding hydrogens is 490 g/mol. The van der Waals surface area contributed by atoms with Gasteiger partial charge in [0.1, 0.15) is 17.7 Å². The molecule has 4 heterocycles. The summed E-state index contributed by atoms with van der Waals surface area (Å²) in [6.45, 7) is 6.99. The lowest BCUT2D eigenvalue weighted by Crippen LogP contribution is -2.51. The molecule has 2 N–H and O–H groups in total. The Balaban J connectivity index is 1.35. The van der Waals surface area contributed by atoms with Crippen LogP contribution in [0.25, 0.3) is 10.8 Å². The van der Waals surface area contributed by atoms with E-state index in [0.29, 0.717) is 25.0 Å². The first kappa shape index (κ1) is 25.7. The molecule has 0 bridgehead atoms. The van der Waals surface area contributed by atoms with E-state index in [9.17, 15) is 10.4 Å². The van der Waals surface area contributed by atoms with E-state index in [4.69, 9.17) is 14.7 Å². The first-order valence-electron chi connectivity index (χ1n) is 14.1. The molecule has 3 aliphatic heterocycles. The zero-order valence-electron chi connectivity index (χ0n) is 22.8. The van der Waals surface area contributed by atoms with Gasteiger partial charge in [0.05, 0.1) is 24.7 Å². The molecular formula is C30H37N7O2. The monoisotopic (exact) mass is 527 g/mol. The number of ether oxygens (including phenoxy) is 1. The summed E-state index contributed by atoms with van der Waals surface area (Å²) in [4.78, 5) is 17.0. The van der Waals surface area contributed by atoms with Crippen molar-refractivity contribution in [3.8, 4) is 17.8 Å². The van der Waals surface area contributed by atoms with Gasteiger partial charge < -0.3 is 25.0 Å². The summed E-state index contributed by atoms with van der Waals surface area (Å²) in [5.74, 6) is 1.20. The number of phenolic OH excluding ortho intramolecular Hbond substituents is 1. The van der Waals surface area contributed by atoms with Crippen molar-refractivity contribution in [1.82, 2.24) is 20.2 Å². The molecule has 0 spiro atoms. The molecule has 0 saturated carbocycles. The van der Waals surface area contributed by atoms with Crippen molar-refractivity contribution in [2.24, 2.45) is 0 Å². The summed E-state index contributed by atoms with van der Waals surface area (Å²) in [7, 11) is 2.16. The van der Waals surface area contributed by atoms with Crippen molar-refractivity contribution in [3.05, 3.63) is 47.7 Å². The van der Waals surface area contributed by atoms with E-state index in [1.807, 2.05) is 30.3 Å². The Bertz CT molecular complexity index is 1390. The summed E-state index contributed by atoms with van der Waals surface area (Å²) in [5, 5.41) is 25.4. The average Bonchev–Trinajstić information content (AvgIpc) is 3.38. The van der Waals surface area contributed by atoms with Gasteiger partial charge in [0.2, 0.25) is 0 Å². The third kappa shape index (κ3) is 5.19. The number of rotatable bonds is 6. The number of nitriles is 1. The molecule has 9 heteroatoms. The van der Waals surface area contributed by atoms with Crippen LogP contribution in [0.4, 0.5) is 11.5 Å². The van der Waals surface area contributed by atoms with Gasteiger partial charge in [-0.05, 0) is 51.2 Å². The number of benzene rings is 2. The molecule has 1 aromatic heterocycles. The Morgan fingerprint density at radius 2 is 2.05 bits per heavy atom. The van der Waals surface area contributed by atoms with Gasteiger partial charge in [0.15, 0.2) is 0 Å². The van der Waals surface area contributed by atoms with Gasteiger partial charge in [-0.15, -0.1) is 0 Å². The highest BCUT2D eigenvalue weighted by Gasteiger charge is 2.32. The number of aromatic hydroxyl groups is 1. The van der Waals surface area contributed by atoms with Crippen LogP contribution in [-0.2, 0) is 13.0 Å². The molecule has 3 atom stereocenters. The van der Waals surface area contributed by atoms with Crippen LogP contribution in [0, 0.1) is 11.3 Å². The summed E-state index contributed by atoms with van der Waals surface area (Å²) in [6.07, 6.45) is 3.53. The first-order chi connectivity index (χ1) is 19.0. The Hall–Kier alpha value is -3.61. The second kappa shape index (κ2) is 10.9. The van der Waals surface area contributed by atoms with Crippen LogP contribution in [0.3, 0.4) is 0 Å². The number of nitrogens with one attached hydrogen (secondary N) is 1. The highest BCUT2D eigenvalue weighted by Crippen LogP contribution is 2.36. The SMILES string of the molecule is C[C@@H](Oc1nc2c(c(N3CCN[C@@H](CC#N)C3)n1)CCN(c1cc(O)cc3ccccc13)C2)C1CCCN1C. The Kier molecular flexibility index (Phi) is 7.15. The van der Waals surface area contributed by atoms with E-state index < -0.39 is 0 Å². The molecule has 6 rings (SSSR count). The summed E-state index contributed by atoms with van der Waals surface area (Å²) < 4.78 is 6.45. The van der Waals surface area contributed by atoms with E-state index in [-0.39, 0.29) is 17.9 Å². The van der Waals surface area contributed by atoms with Crippen molar-refractivity contribution in [1.29, 1.82) is 5.26 Å². The van der Waals surface area contributed by atoms with E-state index in [2.05, 4.69) is 46.1 Å². The maximum absolute atomic E-state index is 10.5. The Morgan fingerprint density at radius 1 is 1.18 bits per heavy atom. The van der Waals surface area contributed by atoms with E-state index in [1.54, 1.807) is 0 Å². The molecule has 2 saturated heterocycles. The third-order valence-corrected chi connectivity index (χ3v) is 8.49. The van der Waals surface area contributed by atoms with Crippen LogP contribution in [0.2, 0.25) is 0 Å². The topological polar surface area (TPSA) is 101 Å². The Labute approximate surface area is 230 Å². The molecule has 0 radical (unpaired) electrons. The number of anilines is 2. The van der Waals surface area contributed by atoms with Gasteiger partial charge in [-0.2, -0.15) is 15.2 Å². The maximum atomic E-state index is 10.5. The maximum Gasteiger partial charge on any atom is 0.318 e. The van der Waals surface area contributed by atoms with Gasteiger partial charge in [-0.1, -0.05) is 24.3 Å². The highest BCUT2D eigenvalue weighted by atomic mass is 16.5. The number of piperazine rings is 1. The molecule has 1 unspecified atom stereocenters. The van der Waals surface area contributed by atoms with Gasteiger partial charge >= 0.3 is 6.01 Å². The van der Waals surface area contributed by atoms with Gasteiger partial charge in [0.25, 0.3) is 0 Å². The second-order valence-electron chi connectivity index (χ2n) is 11.1. The van der Waals surface area contributed by atoms with Crippen molar-refractivity contribution in [2.75, 3.05) is 49.6 Å². The predicted octanol–water partition coefficient (Wildman–Crippen LogP) is 3.45. The molecule has 39 heavy (non-hydrogen) atoms.